The molecule has 2 N–H and O–H groups in total. The van der Waals surface area contributed by atoms with Crippen LogP contribution in [0.25, 0.3) is 0 Å². The first-order valence-electron chi connectivity index (χ1n) is 9.72. The molecule has 0 aliphatic heterocycles. The van der Waals surface area contributed by atoms with Gasteiger partial charge in [-0.2, -0.15) is 0 Å². The van der Waals surface area contributed by atoms with Gasteiger partial charge in [-0.05, 0) is 47.9 Å². The zero-order valence-corrected chi connectivity index (χ0v) is 17.8. The molecular weight excluding hydrogens is 398 g/mol. The molecule has 0 aromatic heterocycles. The highest BCUT2D eigenvalue weighted by Crippen LogP contribution is 2.29. The van der Waals surface area contributed by atoms with E-state index in [2.05, 4.69) is 5.32 Å². The molecule has 0 fully saturated rings. The van der Waals surface area contributed by atoms with Gasteiger partial charge in [-0.25, -0.2) is 8.42 Å². The van der Waals surface area contributed by atoms with E-state index in [0.717, 1.165) is 16.7 Å². The van der Waals surface area contributed by atoms with E-state index >= 15 is 0 Å². The monoisotopic (exact) mass is 423 g/mol. The van der Waals surface area contributed by atoms with Crippen LogP contribution in [0, 0.1) is 0 Å². The number of hydrogen-bond donors (Lipinski definition) is 2. The van der Waals surface area contributed by atoms with Gasteiger partial charge in [-0.1, -0.05) is 61.5 Å². The first-order valence-corrected chi connectivity index (χ1v) is 11.4. The largest absolute Gasteiger partial charge is 0.381 e. The number of carbonyl (C=O) groups excluding carboxylic acids is 1. The van der Waals surface area contributed by atoms with E-state index < -0.39 is 15.4 Å². The topological polar surface area (TPSA) is 83.5 Å². The van der Waals surface area contributed by atoms with Crippen LogP contribution in [-0.4, -0.2) is 25.2 Å². The molecule has 1 unspecified atom stereocenters. The highest BCUT2D eigenvalue weighted by atomic mass is 32.2. The number of aliphatic hydroxyl groups is 1. The average molecular weight is 424 g/mol. The van der Waals surface area contributed by atoms with Crippen molar-refractivity contribution < 1.29 is 18.3 Å². The maximum absolute atomic E-state index is 12.3. The first-order chi connectivity index (χ1) is 14.2. The predicted molar refractivity (Wildman–Crippen MR) is 118 cm³/mol. The maximum Gasteiger partial charge on any atom is 0.228 e. The molecule has 0 aliphatic rings. The molecule has 156 valence electrons. The minimum Gasteiger partial charge on any atom is -0.381 e. The Bertz CT molecular complexity index is 1100. The number of sulfone groups is 1. The number of nitrogens with one attached hydrogen (secondary N) is 1. The van der Waals surface area contributed by atoms with Crippen molar-refractivity contribution in [1.82, 2.24) is 0 Å². The van der Waals surface area contributed by atoms with E-state index in [-0.39, 0.29) is 23.0 Å². The summed E-state index contributed by atoms with van der Waals surface area (Å²) in [6.45, 7) is 3.33. The first kappa shape index (κ1) is 21.7. The maximum atomic E-state index is 12.3. The van der Waals surface area contributed by atoms with Crippen molar-refractivity contribution >= 4 is 21.4 Å². The highest BCUT2D eigenvalue weighted by Gasteiger charge is 2.25. The second-order valence-corrected chi connectivity index (χ2v) is 9.57. The van der Waals surface area contributed by atoms with Gasteiger partial charge in [0.05, 0.1) is 17.1 Å². The fraction of sp³-hybridized carbons (Fsp3) is 0.208. The molecule has 6 heteroatoms. The van der Waals surface area contributed by atoms with Crippen molar-refractivity contribution in [2.75, 3.05) is 11.1 Å². The van der Waals surface area contributed by atoms with Crippen LogP contribution >= 0.6 is 0 Å². The SMILES string of the molecule is CCS(=O)(=O)c1ccc(CC(=O)Nc2ccc(C(C)(O)c3ccccc3)cc2)cc1. The molecule has 0 radical (unpaired) electrons. The van der Waals surface area contributed by atoms with Gasteiger partial charge in [0.25, 0.3) is 0 Å². The lowest BCUT2D eigenvalue weighted by Gasteiger charge is -2.24. The summed E-state index contributed by atoms with van der Waals surface area (Å²) in [4.78, 5) is 12.6. The van der Waals surface area contributed by atoms with Crippen molar-refractivity contribution in [1.29, 1.82) is 0 Å². The third kappa shape index (κ3) is 4.96. The third-order valence-corrected chi connectivity index (χ3v) is 6.84. The number of rotatable bonds is 7. The van der Waals surface area contributed by atoms with Crippen molar-refractivity contribution in [3.63, 3.8) is 0 Å². The smallest absolute Gasteiger partial charge is 0.228 e. The molecule has 0 saturated carbocycles. The summed E-state index contributed by atoms with van der Waals surface area (Å²) in [5, 5.41) is 13.7. The van der Waals surface area contributed by atoms with E-state index in [1.165, 1.54) is 12.1 Å². The van der Waals surface area contributed by atoms with Gasteiger partial charge in [0.15, 0.2) is 9.84 Å². The Morgan fingerprint density at radius 3 is 2.03 bits per heavy atom. The number of benzene rings is 3. The highest BCUT2D eigenvalue weighted by molar-refractivity contribution is 7.91. The Labute approximate surface area is 177 Å². The molecule has 3 aromatic carbocycles. The Kier molecular flexibility index (Phi) is 6.39. The summed E-state index contributed by atoms with van der Waals surface area (Å²) >= 11 is 0. The summed E-state index contributed by atoms with van der Waals surface area (Å²) in [5.41, 5.74) is 1.73. The van der Waals surface area contributed by atoms with E-state index in [1.807, 2.05) is 30.3 Å². The van der Waals surface area contributed by atoms with Gasteiger partial charge >= 0.3 is 0 Å². The van der Waals surface area contributed by atoms with Gasteiger partial charge in [-0.3, -0.25) is 4.79 Å². The Hall–Kier alpha value is -2.96. The molecule has 1 atom stereocenters. The molecular formula is C24H25NO4S. The Balaban J connectivity index is 1.65. The summed E-state index contributed by atoms with van der Waals surface area (Å²) in [5.74, 6) is -0.163. The van der Waals surface area contributed by atoms with Crippen molar-refractivity contribution in [3.05, 3.63) is 95.6 Å². The molecule has 30 heavy (non-hydrogen) atoms. The molecule has 0 saturated heterocycles. The molecule has 5 nitrogen and oxygen atoms in total. The van der Waals surface area contributed by atoms with Crippen molar-refractivity contribution in [2.45, 2.75) is 30.8 Å². The number of anilines is 1. The van der Waals surface area contributed by atoms with Gasteiger partial charge < -0.3 is 10.4 Å². The molecule has 1 amide bonds. The van der Waals surface area contributed by atoms with Crippen LogP contribution in [0.3, 0.4) is 0 Å². The molecule has 3 rings (SSSR count). The Morgan fingerprint density at radius 2 is 1.47 bits per heavy atom. The summed E-state index contributed by atoms with van der Waals surface area (Å²) in [7, 11) is -3.25. The average Bonchev–Trinajstić information content (AvgIpc) is 2.75. The third-order valence-electron chi connectivity index (χ3n) is 5.09. The van der Waals surface area contributed by atoms with Crippen LogP contribution in [0.2, 0.25) is 0 Å². The van der Waals surface area contributed by atoms with E-state index in [0.29, 0.717) is 5.69 Å². The van der Waals surface area contributed by atoms with Gasteiger partial charge in [0.2, 0.25) is 5.91 Å². The zero-order valence-electron chi connectivity index (χ0n) is 17.0. The minimum atomic E-state index is -3.25. The molecule has 0 aliphatic carbocycles. The lowest BCUT2D eigenvalue weighted by atomic mass is 9.88. The van der Waals surface area contributed by atoms with Gasteiger partial charge in [-0.15, -0.1) is 0 Å². The second kappa shape index (κ2) is 8.81. The molecule has 0 bridgehead atoms. The van der Waals surface area contributed by atoms with E-state index in [1.54, 1.807) is 50.2 Å². The lowest BCUT2D eigenvalue weighted by molar-refractivity contribution is -0.115. The van der Waals surface area contributed by atoms with Crippen LogP contribution in [0.1, 0.15) is 30.5 Å². The van der Waals surface area contributed by atoms with Gasteiger partial charge in [0.1, 0.15) is 5.60 Å². The van der Waals surface area contributed by atoms with Crippen LogP contribution in [0.5, 0.6) is 0 Å². The van der Waals surface area contributed by atoms with Crippen LogP contribution < -0.4 is 5.32 Å². The fourth-order valence-corrected chi connectivity index (χ4v) is 4.06. The van der Waals surface area contributed by atoms with E-state index in [4.69, 9.17) is 0 Å². The minimum absolute atomic E-state index is 0.0417. The van der Waals surface area contributed by atoms with Crippen LogP contribution in [0.4, 0.5) is 5.69 Å². The molecule has 3 aromatic rings. The Morgan fingerprint density at radius 1 is 0.900 bits per heavy atom. The van der Waals surface area contributed by atoms with E-state index in [9.17, 15) is 18.3 Å². The van der Waals surface area contributed by atoms with Crippen LogP contribution in [-0.2, 0) is 26.7 Å². The lowest BCUT2D eigenvalue weighted by Crippen LogP contribution is -2.22. The zero-order chi connectivity index (χ0) is 21.8. The van der Waals surface area contributed by atoms with Gasteiger partial charge in [0, 0.05) is 5.69 Å². The summed E-state index contributed by atoms with van der Waals surface area (Å²) in [6.07, 6.45) is 0.135. The fourth-order valence-electron chi connectivity index (χ4n) is 3.18. The van der Waals surface area contributed by atoms with Crippen molar-refractivity contribution in [3.8, 4) is 0 Å². The summed E-state index contributed by atoms with van der Waals surface area (Å²) < 4.78 is 23.7. The quantitative estimate of drug-likeness (QED) is 0.603. The number of hydrogen-bond acceptors (Lipinski definition) is 4. The summed E-state index contributed by atoms with van der Waals surface area (Å²) in [6, 6.07) is 22.8. The van der Waals surface area contributed by atoms with Crippen molar-refractivity contribution in [2.24, 2.45) is 0 Å². The molecule has 0 spiro atoms. The normalized spacial score (nSPS) is 13.4. The second-order valence-electron chi connectivity index (χ2n) is 7.29. The predicted octanol–water partition coefficient (Wildman–Crippen LogP) is 3.92. The van der Waals surface area contributed by atoms with Crippen LogP contribution in [0.15, 0.2) is 83.8 Å². The number of amides is 1. The molecule has 0 heterocycles. The standard InChI is InChI=1S/C24H25NO4S/c1-3-30(28,29)22-15-9-18(10-16-22)17-23(26)25-21-13-11-20(12-14-21)24(2,27)19-7-5-4-6-8-19/h4-16,27H,3,17H2,1-2H3,(H,25,26). The number of carbonyl (C=O) groups is 1.